The van der Waals surface area contributed by atoms with Crippen molar-refractivity contribution >= 4 is 28.0 Å². The summed E-state index contributed by atoms with van der Waals surface area (Å²) in [7, 11) is 0. The molecule has 4 aromatic rings. The van der Waals surface area contributed by atoms with Gasteiger partial charge in [-0.2, -0.15) is 5.10 Å². The molecule has 1 aliphatic carbocycles. The number of likely N-dealkylation sites (tertiary alicyclic amines) is 1. The van der Waals surface area contributed by atoms with E-state index in [4.69, 9.17) is 10.1 Å². The predicted molar refractivity (Wildman–Crippen MR) is 136 cm³/mol. The number of imidazole rings is 1. The minimum Gasteiger partial charge on any atom is -0.338 e. The zero-order valence-corrected chi connectivity index (χ0v) is 20.8. The van der Waals surface area contributed by atoms with E-state index >= 15 is 0 Å². The third-order valence-corrected chi connectivity index (χ3v) is 7.43. The molecule has 1 saturated carbocycles. The van der Waals surface area contributed by atoms with E-state index in [1.807, 2.05) is 51.4 Å². The number of carbonyl (C=O) groups is 1. The van der Waals surface area contributed by atoms with Gasteiger partial charge >= 0.3 is 5.69 Å². The number of hydrogen-bond donors (Lipinski definition) is 1. The number of nitrogens with zero attached hydrogens (tertiary/aromatic N) is 5. The molecule has 1 N–H and O–H groups in total. The third kappa shape index (κ3) is 3.66. The number of carbonyl (C=O) groups excluding carboxylic acids is 1. The number of hydrogen-bond acceptors (Lipinski definition) is 4. The highest BCUT2D eigenvalue weighted by Crippen LogP contribution is 2.41. The van der Waals surface area contributed by atoms with Crippen molar-refractivity contribution < 1.29 is 4.79 Å². The molecule has 0 spiro atoms. The monoisotopic (exact) mass is 472 g/mol. The lowest BCUT2D eigenvalue weighted by molar-refractivity contribution is 0.0696. The van der Waals surface area contributed by atoms with Gasteiger partial charge in [0.2, 0.25) is 0 Å². The fourth-order valence-corrected chi connectivity index (χ4v) is 5.47. The normalized spacial score (nSPS) is 17.5. The first kappa shape index (κ1) is 22.1. The summed E-state index contributed by atoms with van der Waals surface area (Å²) in [5.74, 6) is 0.481. The summed E-state index contributed by atoms with van der Waals surface area (Å²) in [5, 5.41) is 5.66. The Morgan fingerprint density at radius 3 is 2.49 bits per heavy atom. The fourth-order valence-electron chi connectivity index (χ4n) is 5.47. The van der Waals surface area contributed by atoms with Crippen LogP contribution in [0.5, 0.6) is 0 Å². The SMILES string of the molecule is Cc1nn(C(C)(C)C)c2nc(C3CC3)cc(C(=O)N3CCC(n4c(=O)[nH]c5ccccc54)CC3)c12. The van der Waals surface area contributed by atoms with E-state index in [9.17, 15) is 9.59 Å². The van der Waals surface area contributed by atoms with E-state index in [0.717, 1.165) is 59.1 Å². The number of rotatable bonds is 3. The highest BCUT2D eigenvalue weighted by molar-refractivity contribution is 6.06. The molecule has 1 aliphatic heterocycles. The quantitative estimate of drug-likeness (QED) is 0.476. The maximum atomic E-state index is 13.9. The number of aryl methyl sites for hydroxylation is 1. The molecule has 8 nitrogen and oxygen atoms in total. The number of nitrogens with one attached hydrogen (secondary N) is 1. The molecule has 3 aromatic heterocycles. The van der Waals surface area contributed by atoms with E-state index in [1.165, 1.54) is 0 Å². The highest BCUT2D eigenvalue weighted by atomic mass is 16.2. The van der Waals surface area contributed by atoms with Crippen molar-refractivity contribution in [3.05, 3.63) is 57.8 Å². The second-order valence-electron chi connectivity index (χ2n) is 11.1. The lowest BCUT2D eigenvalue weighted by Crippen LogP contribution is -2.40. The van der Waals surface area contributed by atoms with E-state index in [-0.39, 0.29) is 23.2 Å². The summed E-state index contributed by atoms with van der Waals surface area (Å²) in [6, 6.07) is 9.88. The molecule has 0 radical (unpaired) electrons. The minimum atomic E-state index is -0.229. The molecule has 2 fully saturated rings. The molecule has 0 bridgehead atoms. The van der Waals surface area contributed by atoms with Gasteiger partial charge in [0.25, 0.3) is 5.91 Å². The Hall–Kier alpha value is -3.42. The Labute approximate surface area is 203 Å². The van der Waals surface area contributed by atoms with Gasteiger partial charge in [0.1, 0.15) is 0 Å². The zero-order chi connectivity index (χ0) is 24.5. The van der Waals surface area contributed by atoms with Crippen molar-refractivity contribution in [2.45, 2.75) is 70.9 Å². The molecule has 1 amide bonds. The maximum Gasteiger partial charge on any atom is 0.326 e. The number of fused-ring (bicyclic) bond motifs is 2. The van der Waals surface area contributed by atoms with Crippen LogP contribution in [0.2, 0.25) is 0 Å². The Bertz CT molecular complexity index is 1510. The Morgan fingerprint density at radius 2 is 1.80 bits per heavy atom. The van der Waals surface area contributed by atoms with Crippen molar-refractivity contribution in [3.63, 3.8) is 0 Å². The molecule has 6 rings (SSSR count). The van der Waals surface area contributed by atoms with Crippen LogP contribution in [0.3, 0.4) is 0 Å². The van der Waals surface area contributed by atoms with Crippen molar-refractivity contribution in [2.24, 2.45) is 0 Å². The lowest BCUT2D eigenvalue weighted by atomic mass is 10.0. The van der Waals surface area contributed by atoms with Gasteiger partial charge in [-0.05, 0) is 71.6 Å². The average Bonchev–Trinajstić information content (AvgIpc) is 3.55. The number of aromatic nitrogens is 5. The molecule has 182 valence electrons. The van der Waals surface area contributed by atoms with Crippen LogP contribution in [-0.4, -0.2) is 48.2 Å². The standard InChI is InChI=1S/C27H32N6O2/c1-16-23-19(15-21(17-9-10-17)28-24(23)33(30-16)27(2,3)4)25(34)31-13-11-18(12-14-31)32-22-8-6-5-7-20(22)29-26(32)35/h5-8,15,17-18H,9-14H2,1-4H3,(H,29,35). The number of pyridine rings is 1. The molecule has 4 heterocycles. The average molecular weight is 473 g/mol. The van der Waals surface area contributed by atoms with Crippen molar-refractivity contribution in [1.82, 2.24) is 29.2 Å². The maximum absolute atomic E-state index is 13.9. The van der Waals surface area contributed by atoms with Gasteiger partial charge in [-0.15, -0.1) is 0 Å². The van der Waals surface area contributed by atoms with E-state index in [0.29, 0.717) is 24.6 Å². The molecule has 2 aliphatic rings. The van der Waals surface area contributed by atoms with Crippen LogP contribution in [0.15, 0.2) is 35.1 Å². The van der Waals surface area contributed by atoms with Crippen molar-refractivity contribution in [3.8, 4) is 0 Å². The highest BCUT2D eigenvalue weighted by Gasteiger charge is 2.33. The van der Waals surface area contributed by atoms with Gasteiger partial charge in [0.05, 0.1) is 33.2 Å². The molecule has 0 unspecified atom stereocenters. The topological polar surface area (TPSA) is 88.8 Å². The first-order valence-electron chi connectivity index (χ1n) is 12.6. The Balaban J connectivity index is 1.32. The van der Waals surface area contributed by atoms with Crippen LogP contribution in [0.1, 0.15) is 80.2 Å². The first-order chi connectivity index (χ1) is 16.7. The second kappa shape index (κ2) is 7.80. The van der Waals surface area contributed by atoms with Gasteiger partial charge in [-0.3, -0.25) is 9.36 Å². The summed E-state index contributed by atoms with van der Waals surface area (Å²) in [5.41, 5.74) is 4.85. The van der Waals surface area contributed by atoms with Crippen LogP contribution in [0.25, 0.3) is 22.1 Å². The van der Waals surface area contributed by atoms with E-state index < -0.39 is 0 Å². The van der Waals surface area contributed by atoms with E-state index in [2.05, 4.69) is 25.8 Å². The molecular formula is C27H32N6O2. The lowest BCUT2D eigenvalue weighted by Gasteiger charge is -2.33. The van der Waals surface area contributed by atoms with Gasteiger partial charge in [0.15, 0.2) is 5.65 Å². The number of aromatic amines is 1. The fraction of sp³-hybridized carbons (Fsp3) is 0.481. The van der Waals surface area contributed by atoms with Crippen LogP contribution < -0.4 is 5.69 Å². The van der Waals surface area contributed by atoms with Crippen molar-refractivity contribution in [2.75, 3.05) is 13.1 Å². The minimum absolute atomic E-state index is 0.0422. The molecule has 0 atom stereocenters. The predicted octanol–water partition coefficient (Wildman–Crippen LogP) is 4.49. The molecular weight excluding hydrogens is 440 g/mol. The summed E-state index contributed by atoms with van der Waals surface area (Å²) in [6.45, 7) is 9.54. The number of benzene rings is 1. The summed E-state index contributed by atoms with van der Waals surface area (Å²) >= 11 is 0. The number of piperidine rings is 1. The second-order valence-corrected chi connectivity index (χ2v) is 11.1. The van der Waals surface area contributed by atoms with Gasteiger partial charge in [-0.1, -0.05) is 12.1 Å². The van der Waals surface area contributed by atoms with Crippen LogP contribution >= 0.6 is 0 Å². The number of amides is 1. The van der Waals surface area contributed by atoms with E-state index in [1.54, 1.807) is 0 Å². The number of H-pyrrole nitrogens is 1. The smallest absolute Gasteiger partial charge is 0.326 e. The van der Waals surface area contributed by atoms with Crippen LogP contribution in [-0.2, 0) is 5.54 Å². The number of para-hydroxylation sites is 2. The van der Waals surface area contributed by atoms with Gasteiger partial charge in [0, 0.05) is 30.7 Å². The largest absolute Gasteiger partial charge is 0.338 e. The van der Waals surface area contributed by atoms with Gasteiger partial charge < -0.3 is 9.88 Å². The van der Waals surface area contributed by atoms with Crippen LogP contribution in [0, 0.1) is 6.92 Å². The Morgan fingerprint density at radius 1 is 1.09 bits per heavy atom. The molecule has 1 saturated heterocycles. The summed E-state index contributed by atoms with van der Waals surface area (Å²) < 4.78 is 3.83. The van der Waals surface area contributed by atoms with Crippen molar-refractivity contribution in [1.29, 1.82) is 0 Å². The summed E-state index contributed by atoms with van der Waals surface area (Å²) in [4.78, 5) is 36.4. The summed E-state index contributed by atoms with van der Waals surface area (Å²) in [6.07, 6.45) is 3.74. The third-order valence-electron chi connectivity index (χ3n) is 7.43. The zero-order valence-electron chi connectivity index (χ0n) is 20.8. The molecule has 35 heavy (non-hydrogen) atoms. The Kier molecular flexibility index (Phi) is 4.92. The molecule has 8 heteroatoms. The molecule has 1 aromatic carbocycles. The first-order valence-corrected chi connectivity index (χ1v) is 12.6. The van der Waals surface area contributed by atoms with Gasteiger partial charge in [-0.25, -0.2) is 14.5 Å². The van der Waals surface area contributed by atoms with Crippen LogP contribution in [0.4, 0.5) is 0 Å².